The maximum Gasteiger partial charge on any atom is 0.246 e. The Hall–Kier alpha value is -1.16. The minimum atomic E-state index is -0.190. The lowest BCUT2D eigenvalue weighted by Gasteiger charge is -2.24. The number of hydrogen-bond donors (Lipinski definition) is 1. The van der Waals surface area contributed by atoms with Gasteiger partial charge in [-0.05, 0) is 12.5 Å². The van der Waals surface area contributed by atoms with E-state index in [0.29, 0.717) is 12.8 Å². The lowest BCUT2D eigenvalue weighted by molar-refractivity contribution is -0.126. The summed E-state index contributed by atoms with van der Waals surface area (Å²) in [5, 5.41) is 0. The van der Waals surface area contributed by atoms with Gasteiger partial charge in [-0.2, -0.15) is 0 Å². The van der Waals surface area contributed by atoms with Gasteiger partial charge in [-0.25, -0.2) is 0 Å². The summed E-state index contributed by atoms with van der Waals surface area (Å²) in [5.41, 5.74) is 5.46. The molecule has 0 aromatic rings. The molecule has 13 heavy (non-hydrogen) atoms. The van der Waals surface area contributed by atoms with Crippen LogP contribution in [0.15, 0.2) is 12.2 Å². The molecule has 0 heterocycles. The molecule has 1 atom stereocenters. The second-order valence-electron chi connectivity index (χ2n) is 2.74. The number of aldehydes is 1. The predicted octanol–water partition coefficient (Wildman–Crippen LogP) is -0.0628. The zero-order chi connectivity index (χ0) is 10.3. The van der Waals surface area contributed by atoms with Gasteiger partial charge in [-0.1, -0.05) is 6.92 Å². The zero-order valence-corrected chi connectivity index (χ0v) is 8.06. The van der Waals surface area contributed by atoms with E-state index >= 15 is 0 Å². The van der Waals surface area contributed by atoms with Crippen molar-refractivity contribution in [2.24, 2.45) is 5.73 Å². The third kappa shape index (κ3) is 3.85. The van der Waals surface area contributed by atoms with Crippen molar-refractivity contribution in [3.63, 3.8) is 0 Å². The average Bonchev–Trinajstić information content (AvgIpc) is 2.15. The summed E-state index contributed by atoms with van der Waals surface area (Å²) in [4.78, 5) is 22.8. The van der Waals surface area contributed by atoms with Crippen LogP contribution in [0.3, 0.4) is 0 Å². The van der Waals surface area contributed by atoms with E-state index in [1.807, 2.05) is 6.92 Å². The highest BCUT2D eigenvalue weighted by molar-refractivity contribution is 5.90. The van der Waals surface area contributed by atoms with Gasteiger partial charge in [0.1, 0.15) is 6.29 Å². The van der Waals surface area contributed by atoms with Crippen LogP contribution in [0.2, 0.25) is 0 Å². The van der Waals surface area contributed by atoms with Crippen molar-refractivity contribution in [1.29, 1.82) is 0 Å². The summed E-state index contributed by atoms with van der Waals surface area (Å²) in [5.74, 6) is -0.190. The number of hydrogen-bond acceptors (Lipinski definition) is 3. The lowest BCUT2D eigenvalue weighted by Crippen LogP contribution is -2.40. The van der Waals surface area contributed by atoms with E-state index in [9.17, 15) is 9.59 Å². The molecule has 0 aromatic carbocycles. The average molecular weight is 184 g/mol. The standard InChI is InChI=1S/C9H16N2O2/c1-3-8(7-10)11(2)9(13)5-4-6-12/h4-6,8H,3,7,10H2,1-2H3/b5-4-. The Balaban J connectivity index is 4.22. The van der Waals surface area contributed by atoms with Crippen molar-refractivity contribution in [3.8, 4) is 0 Å². The molecule has 0 aliphatic rings. The van der Waals surface area contributed by atoms with Crippen LogP contribution in [-0.2, 0) is 9.59 Å². The molecule has 0 aromatic heterocycles. The first-order valence-corrected chi connectivity index (χ1v) is 4.26. The normalized spacial score (nSPS) is 12.8. The summed E-state index contributed by atoms with van der Waals surface area (Å²) < 4.78 is 0. The van der Waals surface area contributed by atoms with Crippen LogP contribution >= 0.6 is 0 Å². The topological polar surface area (TPSA) is 63.4 Å². The van der Waals surface area contributed by atoms with Crippen molar-refractivity contribution in [2.45, 2.75) is 19.4 Å². The van der Waals surface area contributed by atoms with E-state index in [2.05, 4.69) is 0 Å². The number of allylic oxidation sites excluding steroid dienone is 1. The Morgan fingerprint density at radius 1 is 1.62 bits per heavy atom. The fourth-order valence-electron chi connectivity index (χ4n) is 1.02. The van der Waals surface area contributed by atoms with Gasteiger partial charge < -0.3 is 10.6 Å². The highest BCUT2D eigenvalue weighted by atomic mass is 16.2. The fraction of sp³-hybridized carbons (Fsp3) is 0.556. The quantitative estimate of drug-likeness (QED) is 0.481. The summed E-state index contributed by atoms with van der Waals surface area (Å²) in [7, 11) is 1.68. The molecule has 1 unspecified atom stereocenters. The first kappa shape index (κ1) is 11.8. The third-order valence-corrected chi connectivity index (χ3v) is 1.96. The molecule has 0 bridgehead atoms. The smallest absolute Gasteiger partial charge is 0.246 e. The minimum absolute atomic E-state index is 0.0452. The molecule has 4 heteroatoms. The monoisotopic (exact) mass is 184 g/mol. The fourth-order valence-corrected chi connectivity index (χ4v) is 1.02. The van der Waals surface area contributed by atoms with Crippen LogP contribution in [0.25, 0.3) is 0 Å². The Bertz CT molecular complexity index is 198. The van der Waals surface area contributed by atoms with Crippen LogP contribution in [0, 0.1) is 0 Å². The van der Waals surface area contributed by atoms with Gasteiger partial charge in [0.25, 0.3) is 0 Å². The minimum Gasteiger partial charge on any atom is -0.338 e. The van der Waals surface area contributed by atoms with E-state index in [0.717, 1.165) is 6.42 Å². The van der Waals surface area contributed by atoms with E-state index in [1.165, 1.54) is 12.2 Å². The molecular formula is C9H16N2O2. The van der Waals surface area contributed by atoms with Crippen molar-refractivity contribution in [3.05, 3.63) is 12.2 Å². The number of carbonyl (C=O) groups excluding carboxylic acids is 2. The van der Waals surface area contributed by atoms with E-state index in [-0.39, 0.29) is 11.9 Å². The molecule has 0 rings (SSSR count). The number of rotatable bonds is 5. The van der Waals surface area contributed by atoms with Crippen LogP contribution in [0.4, 0.5) is 0 Å². The predicted molar refractivity (Wildman–Crippen MR) is 51.1 cm³/mol. The van der Waals surface area contributed by atoms with Gasteiger partial charge in [0.2, 0.25) is 5.91 Å². The molecule has 0 saturated carbocycles. The van der Waals surface area contributed by atoms with Crippen molar-refractivity contribution in [1.82, 2.24) is 4.90 Å². The van der Waals surface area contributed by atoms with Gasteiger partial charge in [0, 0.05) is 25.7 Å². The molecule has 1 amide bonds. The van der Waals surface area contributed by atoms with Gasteiger partial charge >= 0.3 is 0 Å². The number of likely N-dealkylation sites (N-methyl/N-ethyl adjacent to an activating group) is 1. The molecule has 0 radical (unpaired) electrons. The number of amides is 1. The SMILES string of the molecule is CCC(CN)N(C)C(=O)/C=C\C=O. The number of carbonyl (C=O) groups is 2. The highest BCUT2D eigenvalue weighted by Gasteiger charge is 2.13. The van der Waals surface area contributed by atoms with Crippen LogP contribution < -0.4 is 5.73 Å². The summed E-state index contributed by atoms with van der Waals surface area (Å²) >= 11 is 0. The maximum atomic E-state index is 11.3. The second kappa shape index (κ2) is 6.37. The van der Waals surface area contributed by atoms with Crippen molar-refractivity contribution in [2.75, 3.05) is 13.6 Å². The Morgan fingerprint density at radius 2 is 2.23 bits per heavy atom. The van der Waals surface area contributed by atoms with Crippen LogP contribution in [0.5, 0.6) is 0 Å². The molecule has 0 spiro atoms. The second-order valence-corrected chi connectivity index (χ2v) is 2.74. The maximum absolute atomic E-state index is 11.3. The molecular weight excluding hydrogens is 168 g/mol. The molecule has 4 nitrogen and oxygen atoms in total. The lowest BCUT2D eigenvalue weighted by atomic mass is 10.2. The summed E-state index contributed by atoms with van der Waals surface area (Å²) in [6.45, 7) is 2.40. The Kier molecular flexibility index (Phi) is 5.80. The third-order valence-electron chi connectivity index (χ3n) is 1.96. The molecule has 0 aliphatic heterocycles. The number of nitrogens with zero attached hydrogens (tertiary/aromatic N) is 1. The van der Waals surface area contributed by atoms with E-state index in [4.69, 9.17) is 5.73 Å². The van der Waals surface area contributed by atoms with E-state index in [1.54, 1.807) is 11.9 Å². The van der Waals surface area contributed by atoms with Crippen molar-refractivity contribution >= 4 is 12.2 Å². The first-order chi connectivity index (χ1) is 6.17. The Labute approximate surface area is 78.4 Å². The van der Waals surface area contributed by atoms with Gasteiger partial charge in [-0.15, -0.1) is 0 Å². The van der Waals surface area contributed by atoms with Gasteiger partial charge in [0.05, 0.1) is 0 Å². The molecule has 0 aliphatic carbocycles. The molecule has 0 saturated heterocycles. The zero-order valence-electron chi connectivity index (χ0n) is 8.06. The van der Waals surface area contributed by atoms with E-state index < -0.39 is 0 Å². The Morgan fingerprint density at radius 3 is 2.62 bits per heavy atom. The highest BCUT2D eigenvalue weighted by Crippen LogP contribution is 2.00. The van der Waals surface area contributed by atoms with Crippen LogP contribution in [-0.4, -0.2) is 36.7 Å². The molecule has 74 valence electrons. The summed E-state index contributed by atoms with van der Waals surface area (Å²) in [6.07, 6.45) is 3.82. The number of nitrogens with two attached hydrogens (primary N) is 1. The van der Waals surface area contributed by atoms with Gasteiger partial charge in [0.15, 0.2) is 0 Å². The van der Waals surface area contributed by atoms with Crippen LogP contribution in [0.1, 0.15) is 13.3 Å². The van der Waals surface area contributed by atoms with Crippen molar-refractivity contribution < 1.29 is 9.59 Å². The largest absolute Gasteiger partial charge is 0.338 e. The first-order valence-electron chi connectivity index (χ1n) is 4.26. The molecule has 2 N–H and O–H groups in total. The molecule has 0 fully saturated rings. The van der Waals surface area contributed by atoms with Gasteiger partial charge in [-0.3, -0.25) is 9.59 Å². The summed E-state index contributed by atoms with van der Waals surface area (Å²) in [6, 6.07) is 0.0452.